The fourth-order valence-electron chi connectivity index (χ4n) is 3.39. The molecule has 33 heavy (non-hydrogen) atoms. The third-order valence-corrected chi connectivity index (χ3v) is 5.18. The number of carbonyl (C=O) groups excluding carboxylic acids is 1. The minimum Gasteiger partial charge on any atom is -0.457 e. The van der Waals surface area contributed by atoms with Crippen molar-refractivity contribution < 1.29 is 27.4 Å². The molecule has 0 bridgehead atoms. The van der Waals surface area contributed by atoms with Gasteiger partial charge in [0.05, 0.1) is 5.56 Å². The van der Waals surface area contributed by atoms with Gasteiger partial charge in [0.15, 0.2) is 0 Å². The highest BCUT2D eigenvalue weighted by molar-refractivity contribution is 5.78. The Hall–Kier alpha value is -3.28. The van der Waals surface area contributed by atoms with Gasteiger partial charge in [-0.2, -0.15) is 13.2 Å². The Bertz CT molecular complexity index is 1030. The van der Waals surface area contributed by atoms with Crippen molar-refractivity contribution in [2.24, 2.45) is 0 Å². The number of hydrogen-bond acceptors (Lipinski definition) is 3. The third-order valence-electron chi connectivity index (χ3n) is 5.18. The molecule has 6 heteroatoms. The summed E-state index contributed by atoms with van der Waals surface area (Å²) >= 11 is 0. The van der Waals surface area contributed by atoms with E-state index in [9.17, 15) is 18.0 Å². The highest BCUT2D eigenvalue weighted by Crippen LogP contribution is 2.34. The molecule has 0 aliphatic heterocycles. The summed E-state index contributed by atoms with van der Waals surface area (Å²) in [4.78, 5) is 12.3. The number of alkyl halides is 3. The Kier molecular flexibility index (Phi) is 8.52. The van der Waals surface area contributed by atoms with Crippen LogP contribution in [0.4, 0.5) is 13.2 Å². The van der Waals surface area contributed by atoms with E-state index in [0.717, 1.165) is 48.9 Å². The molecule has 174 valence electrons. The van der Waals surface area contributed by atoms with Crippen molar-refractivity contribution in [2.75, 3.05) is 0 Å². The summed E-state index contributed by atoms with van der Waals surface area (Å²) in [6, 6.07) is 18.9. The van der Waals surface area contributed by atoms with Gasteiger partial charge in [-0.25, -0.2) is 0 Å². The molecule has 0 aliphatic carbocycles. The van der Waals surface area contributed by atoms with Crippen molar-refractivity contribution >= 4 is 5.97 Å². The molecule has 0 radical (unpaired) electrons. The summed E-state index contributed by atoms with van der Waals surface area (Å²) in [6.07, 6.45) is 1.30. The molecule has 3 rings (SSSR count). The Morgan fingerprint density at radius 2 is 1.39 bits per heavy atom. The number of carbonyl (C=O) groups is 1. The van der Waals surface area contributed by atoms with Gasteiger partial charge in [0.1, 0.15) is 17.2 Å². The van der Waals surface area contributed by atoms with Crippen LogP contribution in [0.5, 0.6) is 17.2 Å². The average molecular weight is 457 g/mol. The second-order valence-corrected chi connectivity index (χ2v) is 7.78. The molecule has 0 aromatic heterocycles. The van der Waals surface area contributed by atoms with Crippen LogP contribution >= 0.6 is 0 Å². The molecule has 0 saturated carbocycles. The predicted molar refractivity (Wildman–Crippen MR) is 122 cm³/mol. The van der Waals surface area contributed by atoms with E-state index in [2.05, 4.69) is 6.92 Å². The Balaban J connectivity index is 1.63. The molecule has 0 saturated heterocycles. The Morgan fingerprint density at radius 1 is 0.788 bits per heavy atom. The minimum atomic E-state index is -4.38. The van der Waals surface area contributed by atoms with E-state index in [4.69, 9.17) is 9.47 Å². The van der Waals surface area contributed by atoms with E-state index in [1.807, 2.05) is 30.3 Å². The highest BCUT2D eigenvalue weighted by atomic mass is 19.4. The van der Waals surface area contributed by atoms with E-state index in [-0.39, 0.29) is 5.97 Å². The fourth-order valence-corrected chi connectivity index (χ4v) is 3.39. The van der Waals surface area contributed by atoms with E-state index in [1.165, 1.54) is 18.6 Å². The van der Waals surface area contributed by atoms with Gasteiger partial charge in [-0.15, -0.1) is 0 Å². The maximum absolute atomic E-state index is 12.7. The molecular formula is C27H27F3O3. The zero-order valence-corrected chi connectivity index (χ0v) is 18.5. The second-order valence-electron chi connectivity index (χ2n) is 7.78. The smallest absolute Gasteiger partial charge is 0.416 e. The van der Waals surface area contributed by atoms with Crippen LogP contribution in [0.15, 0.2) is 72.8 Å². The monoisotopic (exact) mass is 456 g/mol. The SMILES string of the molecule is CCCCCCCC(=O)Oc1ccccc1-c1ccc(Oc2ccc(C(F)(F)F)cc2)cc1. The average Bonchev–Trinajstić information content (AvgIpc) is 2.80. The first kappa shape index (κ1) is 24.4. The number of hydrogen-bond donors (Lipinski definition) is 0. The zero-order chi connectivity index (χ0) is 23.7. The quantitative estimate of drug-likeness (QED) is 0.174. The van der Waals surface area contributed by atoms with Crippen LogP contribution in [0.25, 0.3) is 11.1 Å². The number of unbranched alkanes of at least 4 members (excludes halogenated alkanes) is 4. The van der Waals surface area contributed by atoms with Gasteiger partial charge in [0, 0.05) is 12.0 Å². The van der Waals surface area contributed by atoms with Crippen molar-refractivity contribution in [3.05, 3.63) is 78.4 Å². The highest BCUT2D eigenvalue weighted by Gasteiger charge is 2.30. The predicted octanol–water partition coefficient (Wildman–Crippen LogP) is 8.43. The molecule has 0 aliphatic rings. The molecule has 0 unspecified atom stereocenters. The normalized spacial score (nSPS) is 11.3. The lowest BCUT2D eigenvalue weighted by atomic mass is 10.0. The molecule has 0 heterocycles. The van der Waals surface area contributed by atoms with E-state index < -0.39 is 11.7 Å². The minimum absolute atomic E-state index is 0.249. The molecule has 3 aromatic rings. The van der Waals surface area contributed by atoms with Crippen LogP contribution in [0.1, 0.15) is 51.0 Å². The first-order valence-corrected chi connectivity index (χ1v) is 11.1. The van der Waals surface area contributed by atoms with Gasteiger partial charge in [0.25, 0.3) is 0 Å². The van der Waals surface area contributed by atoms with Gasteiger partial charge in [-0.1, -0.05) is 62.9 Å². The summed E-state index contributed by atoms with van der Waals surface area (Å²) in [6.45, 7) is 2.15. The molecule has 3 nitrogen and oxygen atoms in total. The third kappa shape index (κ3) is 7.38. The molecule has 0 spiro atoms. The van der Waals surface area contributed by atoms with Crippen LogP contribution < -0.4 is 9.47 Å². The Labute approximate surface area is 192 Å². The lowest BCUT2D eigenvalue weighted by molar-refractivity contribution is -0.137. The molecule has 3 aromatic carbocycles. The number of rotatable bonds is 10. The summed E-state index contributed by atoms with van der Waals surface area (Å²) < 4.78 is 49.4. The largest absolute Gasteiger partial charge is 0.457 e. The molecule has 0 amide bonds. The van der Waals surface area contributed by atoms with Crippen molar-refractivity contribution in [1.29, 1.82) is 0 Å². The fraction of sp³-hybridized carbons (Fsp3) is 0.296. The van der Waals surface area contributed by atoms with Gasteiger partial charge >= 0.3 is 12.1 Å². The van der Waals surface area contributed by atoms with E-state index in [0.29, 0.717) is 23.7 Å². The van der Waals surface area contributed by atoms with E-state index in [1.54, 1.807) is 18.2 Å². The van der Waals surface area contributed by atoms with Crippen molar-refractivity contribution in [1.82, 2.24) is 0 Å². The topological polar surface area (TPSA) is 35.5 Å². The summed E-state index contributed by atoms with van der Waals surface area (Å²) in [5.74, 6) is 1.04. The number of ether oxygens (including phenoxy) is 2. The zero-order valence-electron chi connectivity index (χ0n) is 18.5. The van der Waals surface area contributed by atoms with Crippen LogP contribution in [0.3, 0.4) is 0 Å². The van der Waals surface area contributed by atoms with Crippen LogP contribution in [-0.2, 0) is 11.0 Å². The molecule has 0 fully saturated rings. The maximum atomic E-state index is 12.7. The van der Waals surface area contributed by atoms with Gasteiger partial charge in [0.2, 0.25) is 0 Å². The Morgan fingerprint density at radius 3 is 2.03 bits per heavy atom. The van der Waals surface area contributed by atoms with Crippen molar-refractivity contribution in [3.8, 4) is 28.4 Å². The molecule has 0 atom stereocenters. The molecule has 0 N–H and O–H groups in total. The van der Waals surface area contributed by atoms with Crippen molar-refractivity contribution in [2.45, 2.75) is 51.6 Å². The number of halogens is 3. The number of esters is 1. The van der Waals surface area contributed by atoms with Crippen LogP contribution in [0.2, 0.25) is 0 Å². The first-order valence-electron chi connectivity index (χ1n) is 11.1. The van der Waals surface area contributed by atoms with Crippen LogP contribution in [-0.4, -0.2) is 5.97 Å². The summed E-state index contributed by atoms with van der Waals surface area (Å²) in [5.41, 5.74) is 0.885. The van der Waals surface area contributed by atoms with Gasteiger partial charge in [-0.3, -0.25) is 4.79 Å². The first-order chi connectivity index (χ1) is 15.9. The standard InChI is InChI=1S/C27H27F3O3/c1-2-3-4-5-6-11-26(31)33-25-10-8-7-9-24(25)20-12-16-22(17-13-20)32-23-18-14-21(15-19-23)27(28,29)30/h7-10,12-19H,2-6,11H2,1H3. The number of para-hydroxylation sites is 1. The lowest BCUT2D eigenvalue weighted by Gasteiger charge is -2.12. The number of benzene rings is 3. The summed E-state index contributed by atoms with van der Waals surface area (Å²) in [7, 11) is 0. The van der Waals surface area contributed by atoms with Gasteiger partial charge < -0.3 is 9.47 Å². The second kappa shape index (κ2) is 11.5. The maximum Gasteiger partial charge on any atom is 0.416 e. The van der Waals surface area contributed by atoms with Gasteiger partial charge in [-0.05, 0) is 54.4 Å². The summed E-state index contributed by atoms with van der Waals surface area (Å²) in [5, 5.41) is 0. The van der Waals surface area contributed by atoms with Crippen molar-refractivity contribution in [3.63, 3.8) is 0 Å². The van der Waals surface area contributed by atoms with E-state index >= 15 is 0 Å². The lowest BCUT2D eigenvalue weighted by Crippen LogP contribution is -2.08. The molecular weight excluding hydrogens is 429 g/mol. The van der Waals surface area contributed by atoms with Crippen LogP contribution in [0, 0.1) is 0 Å².